The number of nitrogens with zero attached hydrogens (tertiary/aromatic N) is 2. The number of fused-ring (bicyclic) bond motifs is 1. The fourth-order valence-electron chi connectivity index (χ4n) is 3.79. The van der Waals surface area contributed by atoms with E-state index in [1.165, 1.54) is 6.42 Å². The van der Waals surface area contributed by atoms with Gasteiger partial charge in [-0.25, -0.2) is 0 Å². The number of anilines is 2. The van der Waals surface area contributed by atoms with Crippen molar-refractivity contribution >= 4 is 17.4 Å². The van der Waals surface area contributed by atoms with Gasteiger partial charge >= 0.3 is 0 Å². The lowest BCUT2D eigenvalue weighted by molar-refractivity contribution is 0.0619. The molecule has 2 aliphatic rings. The van der Waals surface area contributed by atoms with Crippen LogP contribution in [0, 0.1) is 5.92 Å². The zero-order valence-electron chi connectivity index (χ0n) is 14.0. The molecule has 1 aromatic heterocycles. The molecule has 130 valence electrons. The number of nitrogens with one attached hydrogen (secondary N) is 2. The van der Waals surface area contributed by atoms with Gasteiger partial charge in [-0.15, -0.1) is 10.2 Å². The zero-order chi connectivity index (χ0) is 17.1. The van der Waals surface area contributed by atoms with E-state index in [0.717, 1.165) is 31.6 Å². The fourth-order valence-corrected chi connectivity index (χ4v) is 3.79. The Morgan fingerprint density at radius 1 is 1.04 bits per heavy atom. The van der Waals surface area contributed by atoms with Gasteiger partial charge in [0.25, 0.3) is 5.91 Å². The van der Waals surface area contributed by atoms with Crippen molar-refractivity contribution in [2.24, 2.45) is 5.92 Å². The lowest BCUT2D eigenvalue weighted by atomic mass is 9.82. The second kappa shape index (κ2) is 7.19. The molecule has 1 aromatic carbocycles. The maximum Gasteiger partial charge on any atom is 0.276 e. The Kier molecular flexibility index (Phi) is 4.61. The molecule has 1 aliphatic heterocycles. The maximum atomic E-state index is 12.2. The molecule has 1 amide bonds. The van der Waals surface area contributed by atoms with Gasteiger partial charge < -0.3 is 15.4 Å². The fraction of sp³-hybridized carbons (Fsp3) is 0.421. The summed E-state index contributed by atoms with van der Waals surface area (Å²) in [6.07, 6.45) is 4.95. The molecule has 3 unspecified atom stereocenters. The molecule has 25 heavy (non-hydrogen) atoms. The van der Waals surface area contributed by atoms with Crippen LogP contribution in [0.2, 0.25) is 0 Å². The summed E-state index contributed by atoms with van der Waals surface area (Å²) < 4.78 is 5.80. The number of rotatable bonds is 4. The van der Waals surface area contributed by atoms with Crippen molar-refractivity contribution in [2.45, 2.75) is 37.8 Å². The van der Waals surface area contributed by atoms with E-state index in [1.54, 1.807) is 6.07 Å². The molecule has 1 saturated heterocycles. The van der Waals surface area contributed by atoms with Gasteiger partial charge in [0.05, 0.1) is 6.10 Å². The number of carbonyl (C=O) groups is 1. The number of carbonyl (C=O) groups excluding carboxylic acids is 1. The van der Waals surface area contributed by atoms with Crippen LogP contribution in [-0.2, 0) is 4.74 Å². The highest BCUT2D eigenvalue weighted by Crippen LogP contribution is 2.35. The van der Waals surface area contributed by atoms with Gasteiger partial charge in [0.1, 0.15) is 5.82 Å². The molecule has 3 atom stereocenters. The molecule has 1 saturated carbocycles. The van der Waals surface area contributed by atoms with E-state index in [2.05, 4.69) is 20.8 Å². The van der Waals surface area contributed by atoms with E-state index >= 15 is 0 Å². The van der Waals surface area contributed by atoms with E-state index in [-0.39, 0.29) is 5.91 Å². The SMILES string of the molecule is O=C(Nc1ccccc1)c1ccc(NC2CCCC3OCCC23)nn1. The van der Waals surface area contributed by atoms with Crippen LogP contribution in [0.15, 0.2) is 42.5 Å². The van der Waals surface area contributed by atoms with Crippen LogP contribution in [-0.4, -0.2) is 34.9 Å². The Morgan fingerprint density at radius 3 is 2.72 bits per heavy atom. The molecule has 0 bridgehead atoms. The molecule has 0 radical (unpaired) electrons. The number of hydrogen-bond acceptors (Lipinski definition) is 5. The molecule has 2 heterocycles. The van der Waals surface area contributed by atoms with E-state index in [4.69, 9.17) is 4.74 Å². The van der Waals surface area contributed by atoms with E-state index in [1.807, 2.05) is 36.4 Å². The minimum absolute atomic E-state index is 0.257. The van der Waals surface area contributed by atoms with Gasteiger partial charge in [0.2, 0.25) is 0 Å². The molecule has 2 N–H and O–H groups in total. The monoisotopic (exact) mass is 338 g/mol. The third kappa shape index (κ3) is 3.64. The molecular weight excluding hydrogens is 316 g/mol. The van der Waals surface area contributed by atoms with Gasteiger partial charge in [-0.05, 0) is 49.9 Å². The van der Waals surface area contributed by atoms with Gasteiger partial charge in [-0.3, -0.25) is 4.79 Å². The number of hydrogen-bond donors (Lipinski definition) is 2. The molecule has 6 nitrogen and oxygen atoms in total. The summed E-state index contributed by atoms with van der Waals surface area (Å²) in [5, 5.41) is 14.6. The normalized spacial score (nSPS) is 25.2. The van der Waals surface area contributed by atoms with Gasteiger partial charge in [0, 0.05) is 24.3 Å². The van der Waals surface area contributed by atoms with Crippen molar-refractivity contribution in [3.8, 4) is 0 Å². The van der Waals surface area contributed by atoms with Crippen molar-refractivity contribution in [3.63, 3.8) is 0 Å². The average Bonchev–Trinajstić information content (AvgIpc) is 3.13. The standard InChI is InChI=1S/C19H22N4O2/c24-19(20-13-5-2-1-3-6-13)16-9-10-18(23-22-16)21-15-7-4-8-17-14(15)11-12-25-17/h1-3,5-6,9-10,14-15,17H,4,7-8,11-12H2,(H,20,24)(H,21,23). The average molecular weight is 338 g/mol. The van der Waals surface area contributed by atoms with Gasteiger partial charge in [0.15, 0.2) is 5.69 Å². The highest BCUT2D eigenvalue weighted by Gasteiger charge is 2.37. The quantitative estimate of drug-likeness (QED) is 0.896. The van der Waals surface area contributed by atoms with Crippen molar-refractivity contribution in [1.82, 2.24) is 10.2 Å². The highest BCUT2D eigenvalue weighted by atomic mass is 16.5. The molecule has 6 heteroatoms. The third-order valence-corrected chi connectivity index (χ3v) is 5.04. The predicted octanol–water partition coefficient (Wildman–Crippen LogP) is 3.10. The van der Waals surface area contributed by atoms with E-state index in [9.17, 15) is 4.79 Å². The van der Waals surface area contributed by atoms with Crippen LogP contribution < -0.4 is 10.6 Å². The largest absolute Gasteiger partial charge is 0.378 e. The Hall–Kier alpha value is -2.47. The summed E-state index contributed by atoms with van der Waals surface area (Å²) in [5.41, 5.74) is 1.05. The summed E-state index contributed by atoms with van der Waals surface area (Å²) in [4.78, 5) is 12.2. The summed E-state index contributed by atoms with van der Waals surface area (Å²) >= 11 is 0. The Labute approximate surface area is 147 Å². The first-order valence-corrected chi connectivity index (χ1v) is 8.88. The third-order valence-electron chi connectivity index (χ3n) is 5.04. The highest BCUT2D eigenvalue weighted by molar-refractivity contribution is 6.02. The van der Waals surface area contributed by atoms with Crippen molar-refractivity contribution in [3.05, 3.63) is 48.2 Å². The smallest absolute Gasteiger partial charge is 0.276 e. The second-order valence-electron chi connectivity index (χ2n) is 6.67. The number of aromatic nitrogens is 2. The summed E-state index contributed by atoms with van der Waals surface area (Å²) in [6.45, 7) is 0.859. The van der Waals surface area contributed by atoms with Crippen molar-refractivity contribution in [1.29, 1.82) is 0 Å². The summed E-state index contributed by atoms with van der Waals surface area (Å²) in [5.74, 6) is 1.01. The number of ether oxygens (including phenoxy) is 1. The van der Waals surface area contributed by atoms with Crippen LogP contribution >= 0.6 is 0 Å². The minimum Gasteiger partial charge on any atom is -0.378 e. The van der Waals surface area contributed by atoms with E-state index in [0.29, 0.717) is 29.6 Å². The van der Waals surface area contributed by atoms with Gasteiger partial charge in [-0.1, -0.05) is 18.2 Å². The first-order chi connectivity index (χ1) is 12.3. The zero-order valence-corrected chi connectivity index (χ0v) is 14.0. The topological polar surface area (TPSA) is 76.1 Å². The molecular formula is C19H22N4O2. The lowest BCUT2D eigenvalue weighted by Crippen LogP contribution is -2.38. The first-order valence-electron chi connectivity index (χ1n) is 8.88. The summed E-state index contributed by atoms with van der Waals surface area (Å²) in [6, 6.07) is 13.2. The lowest BCUT2D eigenvalue weighted by Gasteiger charge is -2.33. The number of para-hydroxylation sites is 1. The van der Waals surface area contributed by atoms with Crippen molar-refractivity contribution < 1.29 is 9.53 Å². The predicted molar refractivity (Wildman–Crippen MR) is 95.5 cm³/mol. The van der Waals surface area contributed by atoms with Crippen LogP contribution in [0.3, 0.4) is 0 Å². The van der Waals surface area contributed by atoms with Gasteiger partial charge in [-0.2, -0.15) is 0 Å². The first kappa shape index (κ1) is 16.0. The minimum atomic E-state index is -0.257. The Bertz CT molecular complexity index is 720. The molecule has 4 rings (SSSR count). The second-order valence-corrected chi connectivity index (χ2v) is 6.67. The summed E-state index contributed by atoms with van der Waals surface area (Å²) in [7, 11) is 0. The van der Waals surface area contributed by atoms with E-state index < -0.39 is 0 Å². The molecule has 2 aromatic rings. The van der Waals surface area contributed by atoms with Crippen molar-refractivity contribution in [2.75, 3.05) is 17.2 Å². The van der Waals surface area contributed by atoms with Crippen LogP contribution in [0.5, 0.6) is 0 Å². The molecule has 2 fully saturated rings. The van der Waals surface area contributed by atoms with Crippen LogP contribution in [0.25, 0.3) is 0 Å². The molecule has 0 spiro atoms. The van der Waals surface area contributed by atoms with Crippen LogP contribution in [0.1, 0.15) is 36.2 Å². The molecule has 1 aliphatic carbocycles. The number of benzene rings is 1. The number of amides is 1. The van der Waals surface area contributed by atoms with Crippen LogP contribution in [0.4, 0.5) is 11.5 Å². The Morgan fingerprint density at radius 2 is 1.92 bits per heavy atom. The maximum absolute atomic E-state index is 12.2. The Balaban J connectivity index is 1.39.